The minimum Gasteiger partial charge on any atom is -0.371 e. The topological polar surface area (TPSA) is 45.6 Å². The fourth-order valence-corrected chi connectivity index (χ4v) is 3.23. The summed E-state index contributed by atoms with van der Waals surface area (Å²) in [6, 6.07) is 14.6. The van der Waals surface area contributed by atoms with Crippen molar-refractivity contribution in [2.24, 2.45) is 0 Å². The molecule has 22 heavy (non-hydrogen) atoms. The van der Waals surface area contributed by atoms with Crippen molar-refractivity contribution in [3.05, 3.63) is 57.3 Å². The number of anilines is 1. The lowest BCUT2D eigenvalue weighted by Gasteiger charge is -2.18. The fraction of sp³-hybridized carbons (Fsp3) is 0.353. The molecule has 0 bridgehead atoms. The van der Waals surface area contributed by atoms with Gasteiger partial charge in [0.15, 0.2) is 0 Å². The van der Waals surface area contributed by atoms with Crippen LogP contribution in [-0.2, 0) is 11.2 Å². The number of halogens is 1. The average molecular weight is 410 g/mol. The SMILES string of the molecule is OCOC1CCN(c2ccc(I)c(Cc3ccccc3)n2)C1. The zero-order chi connectivity index (χ0) is 15.4. The van der Waals surface area contributed by atoms with E-state index in [4.69, 9.17) is 14.8 Å². The zero-order valence-corrected chi connectivity index (χ0v) is 14.4. The predicted molar refractivity (Wildman–Crippen MR) is 95.0 cm³/mol. The number of rotatable bonds is 5. The predicted octanol–water partition coefficient (Wildman–Crippen LogP) is 2.82. The Morgan fingerprint density at radius 3 is 2.82 bits per heavy atom. The van der Waals surface area contributed by atoms with Crippen LogP contribution in [0.5, 0.6) is 0 Å². The third-order valence-corrected chi connectivity index (χ3v) is 4.88. The van der Waals surface area contributed by atoms with Crippen LogP contribution >= 0.6 is 22.6 Å². The summed E-state index contributed by atoms with van der Waals surface area (Å²) in [4.78, 5) is 7.07. The molecule has 1 aromatic heterocycles. The first-order valence-corrected chi connectivity index (χ1v) is 8.51. The molecule has 2 heterocycles. The van der Waals surface area contributed by atoms with Crippen LogP contribution in [0, 0.1) is 3.57 Å². The summed E-state index contributed by atoms with van der Waals surface area (Å²) < 4.78 is 6.48. The molecular formula is C17H19IN2O2. The standard InChI is InChI=1S/C17H19IN2O2/c18-15-6-7-17(20-9-8-14(11-20)22-12-21)19-16(15)10-13-4-2-1-3-5-13/h1-7,14,21H,8-12H2. The number of aliphatic hydroxyl groups excluding tert-OH is 1. The quantitative estimate of drug-likeness (QED) is 0.609. The summed E-state index contributed by atoms with van der Waals surface area (Å²) in [5.74, 6) is 0.996. The van der Waals surface area contributed by atoms with Gasteiger partial charge in [-0.3, -0.25) is 0 Å². The van der Waals surface area contributed by atoms with Crippen LogP contribution in [0.2, 0.25) is 0 Å². The lowest BCUT2D eigenvalue weighted by molar-refractivity contribution is -0.0406. The first kappa shape index (κ1) is 15.7. The largest absolute Gasteiger partial charge is 0.371 e. The van der Waals surface area contributed by atoms with Crippen molar-refractivity contribution in [3.8, 4) is 0 Å². The second-order valence-corrected chi connectivity index (χ2v) is 6.57. The van der Waals surface area contributed by atoms with Gasteiger partial charge >= 0.3 is 0 Å². The van der Waals surface area contributed by atoms with Crippen molar-refractivity contribution in [2.45, 2.75) is 18.9 Å². The molecule has 1 aromatic carbocycles. The highest BCUT2D eigenvalue weighted by Crippen LogP contribution is 2.23. The van der Waals surface area contributed by atoms with E-state index < -0.39 is 0 Å². The fourth-order valence-electron chi connectivity index (χ4n) is 2.74. The molecular weight excluding hydrogens is 391 g/mol. The van der Waals surface area contributed by atoms with E-state index in [0.717, 1.165) is 37.4 Å². The van der Waals surface area contributed by atoms with Crippen molar-refractivity contribution in [3.63, 3.8) is 0 Å². The number of pyridine rings is 1. The Kier molecular flexibility index (Phi) is 5.28. The molecule has 1 saturated heterocycles. The summed E-state index contributed by atoms with van der Waals surface area (Å²) in [5, 5.41) is 8.87. The smallest absolute Gasteiger partial charge is 0.144 e. The Morgan fingerprint density at radius 2 is 2.05 bits per heavy atom. The average Bonchev–Trinajstić information content (AvgIpc) is 3.00. The van der Waals surface area contributed by atoms with Gasteiger partial charge in [0.05, 0.1) is 11.8 Å². The van der Waals surface area contributed by atoms with E-state index in [0.29, 0.717) is 0 Å². The van der Waals surface area contributed by atoms with Crippen LogP contribution in [0.3, 0.4) is 0 Å². The van der Waals surface area contributed by atoms with Gasteiger partial charge in [0.2, 0.25) is 0 Å². The molecule has 0 radical (unpaired) electrons. The van der Waals surface area contributed by atoms with Crippen molar-refractivity contribution in [1.29, 1.82) is 0 Å². The maximum atomic E-state index is 8.87. The Balaban J connectivity index is 1.76. The molecule has 1 atom stereocenters. The van der Waals surface area contributed by atoms with E-state index in [9.17, 15) is 0 Å². The van der Waals surface area contributed by atoms with E-state index >= 15 is 0 Å². The lowest BCUT2D eigenvalue weighted by Crippen LogP contribution is -2.24. The van der Waals surface area contributed by atoms with Crippen molar-refractivity contribution in [2.75, 3.05) is 24.8 Å². The highest BCUT2D eigenvalue weighted by molar-refractivity contribution is 14.1. The molecule has 1 fully saturated rings. The van der Waals surface area contributed by atoms with Crippen LogP contribution in [0.4, 0.5) is 5.82 Å². The number of ether oxygens (including phenoxy) is 1. The third kappa shape index (κ3) is 3.77. The van der Waals surface area contributed by atoms with Gasteiger partial charge in [-0.25, -0.2) is 4.98 Å². The van der Waals surface area contributed by atoms with Crippen molar-refractivity contribution >= 4 is 28.4 Å². The van der Waals surface area contributed by atoms with Gasteiger partial charge in [0.25, 0.3) is 0 Å². The maximum absolute atomic E-state index is 8.87. The Morgan fingerprint density at radius 1 is 1.23 bits per heavy atom. The minimum absolute atomic E-state index is 0.101. The number of aromatic nitrogens is 1. The number of benzene rings is 1. The molecule has 1 aliphatic rings. The Bertz CT molecular complexity index is 621. The molecule has 3 rings (SSSR count). The zero-order valence-electron chi connectivity index (χ0n) is 12.3. The van der Waals surface area contributed by atoms with Crippen molar-refractivity contribution < 1.29 is 9.84 Å². The Labute approximate surface area is 144 Å². The highest BCUT2D eigenvalue weighted by atomic mass is 127. The number of hydrogen-bond acceptors (Lipinski definition) is 4. The normalized spacial score (nSPS) is 17.9. The van der Waals surface area contributed by atoms with E-state index in [1.54, 1.807) is 0 Å². The highest BCUT2D eigenvalue weighted by Gasteiger charge is 2.24. The van der Waals surface area contributed by atoms with Crippen molar-refractivity contribution in [1.82, 2.24) is 4.98 Å². The molecule has 1 aliphatic heterocycles. The van der Waals surface area contributed by atoms with Crippen LogP contribution in [0.15, 0.2) is 42.5 Å². The monoisotopic (exact) mass is 410 g/mol. The molecule has 2 aromatic rings. The molecule has 1 unspecified atom stereocenters. The molecule has 4 nitrogen and oxygen atoms in total. The number of hydrogen-bond donors (Lipinski definition) is 1. The van der Waals surface area contributed by atoms with Crippen LogP contribution in [0.25, 0.3) is 0 Å². The van der Waals surface area contributed by atoms with E-state index in [1.807, 2.05) is 6.07 Å². The van der Waals surface area contributed by atoms with Gasteiger partial charge in [-0.15, -0.1) is 0 Å². The molecule has 1 N–H and O–H groups in total. The van der Waals surface area contributed by atoms with E-state index in [-0.39, 0.29) is 12.9 Å². The third-order valence-electron chi connectivity index (χ3n) is 3.90. The van der Waals surface area contributed by atoms with E-state index in [1.165, 1.54) is 9.13 Å². The summed E-state index contributed by atoms with van der Waals surface area (Å²) in [6.45, 7) is 1.50. The molecule has 0 amide bonds. The summed E-state index contributed by atoms with van der Waals surface area (Å²) in [6.07, 6.45) is 1.88. The van der Waals surface area contributed by atoms with Gasteiger partial charge in [0.1, 0.15) is 12.6 Å². The van der Waals surface area contributed by atoms with Crippen LogP contribution in [-0.4, -0.2) is 36.1 Å². The summed E-state index contributed by atoms with van der Waals surface area (Å²) in [7, 11) is 0. The van der Waals surface area contributed by atoms with Gasteiger partial charge in [-0.2, -0.15) is 0 Å². The second kappa shape index (κ2) is 7.39. The van der Waals surface area contributed by atoms with Crippen LogP contribution in [0.1, 0.15) is 17.7 Å². The second-order valence-electron chi connectivity index (χ2n) is 5.41. The van der Waals surface area contributed by atoms with Crippen LogP contribution < -0.4 is 4.90 Å². The molecule has 0 spiro atoms. The molecule has 5 heteroatoms. The van der Waals surface area contributed by atoms with E-state index in [2.05, 4.69) is 63.9 Å². The van der Waals surface area contributed by atoms with Gasteiger partial charge in [-0.1, -0.05) is 30.3 Å². The minimum atomic E-state index is -0.210. The molecule has 116 valence electrons. The van der Waals surface area contributed by atoms with Gasteiger partial charge in [-0.05, 0) is 46.7 Å². The first-order chi connectivity index (χ1) is 10.8. The number of aliphatic hydroxyl groups is 1. The summed E-state index contributed by atoms with van der Waals surface area (Å²) in [5.41, 5.74) is 2.38. The van der Waals surface area contributed by atoms with Gasteiger partial charge < -0.3 is 14.7 Å². The molecule has 0 saturated carbocycles. The Hall–Kier alpha value is -1.18. The van der Waals surface area contributed by atoms with Gasteiger partial charge in [0, 0.05) is 23.1 Å². The maximum Gasteiger partial charge on any atom is 0.144 e. The molecule has 0 aliphatic carbocycles. The number of nitrogens with zero attached hydrogens (tertiary/aromatic N) is 2. The summed E-state index contributed by atoms with van der Waals surface area (Å²) >= 11 is 2.35. The first-order valence-electron chi connectivity index (χ1n) is 7.43. The lowest BCUT2D eigenvalue weighted by atomic mass is 10.1.